The van der Waals surface area contributed by atoms with Crippen molar-refractivity contribution in [2.45, 2.75) is 6.54 Å². The van der Waals surface area contributed by atoms with Gasteiger partial charge in [-0.15, -0.1) is 0 Å². The van der Waals surface area contributed by atoms with E-state index in [1.165, 1.54) is 4.90 Å². The Morgan fingerprint density at radius 2 is 1.85 bits per heavy atom. The molecule has 0 aliphatic carbocycles. The maximum Gasteiger partial charge on any atom is 0.293 e. The van der Waals surface area contributed by atoms with Crippen molar-refractivity contribution in [3.63, 3.8) is 0 Å². The number of carbonyl (C=O) groups excluding carboxylic acids is 2. The summed E-state index contributed by atoms with van der Waals surface area (Å²) in [6.45, 7) is 0.0985. The van der Waals surface area contributed by atoms with E-state index in [-0.39, 0.29) is 17.7 Å². The molecule has 5 nitrogen and oxygen atoms in total. The summed E-state index contributed by atoms with van der Waals surface area (Å²) in [6, 6.07) is 17.0. The van der Waals surface area contributed by atoms with Crippen LogP contribution in [0.2, 0.25) is 0 Å². The van der Waals surface area contributed by atoms with Crippen molar-refractivity contribution in [1.82, 2.24) is 9.47 Å². The number of benzene rings is 2. The van der Waals surface area contributed by atoms with Gasteiger partial charge < -0.3 is 4.57 Å². The van der Waals surface area contributed by atoms with Crippen LogP contribution in [0.1, 0.15) is 16.7 Å². The van der Waals surface area contributed by atoms with E-state index in [1.807, 2.05) is 42.1 Å². The number of amides is 2. The van der Waals surface area contributed by atoms with E-state index in [9.17, 15) is 14.9 Å². The summed E-state index contributed by atoms with van der Waals surface area (Å²) in [7, 11) is 1.95. The van der Waals surface area contributed by atoms with E-state index >= 15 is 0 Å². The molecule has 1 aliphatic rings. The van der Waals surface area contributed by atoms with Crippen molar-refractivity contribution < 1.29 is 9.59 Å². The van der Waals surface area contributed by atoms with Gasteiger partial charge in [-0.05, 0) is 35.5 Å². The lowest BCUT2D eigenvalue weighted by Crippen LogP contribution is -2.27. The van der Waals surface area contributed by atoms with Gasteiger partial charge in [-0.25, -0.2) is 0 Å². The van der Waals surface area contributed by atoms with Crippen molar-refractivity contribution in [3.05, 3.63) is 76.3 Å². The lowest BCUT2D eigenvalue weighted by atomic mass is 10.1. The maximum absolute atomic E-state index is 12.8. The third-order valence-electron chi connectivity index (χ3n) is 4.55. The standard InChI is InChI=1S/C21H15N3O2S/c1-23-12-16(17-8-4-5-9-18(17)23)10-19-20(25)24(21(26)27-19)13-15-7-3-2-6-14(15)11-22/h2-10,12H,13H2,1H3/b19-10+. The molecule has 2 aromatic carbocycles. The fourth-order valence-electron chi connectivity index (χ4n) is 3.20. The van der Waals surface area contributed by atoms with Gasteiger partial charge in [0.05, 0.1) is 23.1 Å². The highest BCUT2D eigenvalue weighted by molar-refractivity contribution is 8.18. The minimum Gasteiger partial charge on any atom is -0.350 e. The van der Waals surface area contributed by atoms with Gasteiger partial charge in [-0.3, -0.25) is 14.5 Å². The molecular formula is C21H15N3O2S. The summed E-state index contributed by atoms with van der Waals surface area (Å²) in [4.78, 5) is 26.8. The predicted octanol–water partition coefficient (Wildman–Crippen LogP) is 4.29. The van der Waals surface area contributed by atoms with Crippen LogP contribution in [0.5, 0.6) is 0 Å². The van der Waals surface area contributed by atoms with Crippen LogP contribution in [0.3, 0.4) is 0 Å². The zero-order valence-electron chi connectivity index (χ0n) is 14.5. The molecule has 6 heteroatoms. The molecule has 0 bridgehead atoms. The SMILES string of the molecule is Cn1cc(/C=C2/SC(=O)N(Cc3ccccc3C#N)C2=O)c2ccccc21. The van der Waals surface area contributed by atoms with Crippen molar-refractivity contribution >= 4 is 39.9 Å². The monoisotopic (exact) mass is 373 g/mol. The molecule has 1 saturated heterocycles. The Bertz CT molecular complexity index is 1150. The van der Waals surface area contributed by atoms with E-state index in [0.717, 1.165) is 28.2 Å². The first-order valence-electron chi connectivity index (χ1n) is 8.36. The molecule has 1 aliphatic heterocycles. The molecule has 0 atom stereocenters. The molecular weight excluding hydrogens is 358 g/mol. The molecule has 0 unspecified atom stereocenters. The number of fused-ring (bicyclic) bond motifs is 1. The Kier molecular flexibility index (Phi) is 4.30. The Hall–Kier alpha value is -3.30. The van der Waals surface area contributed by atoms with Crippen LogP contribution < -0.4 is 0 Å². The first kappa shape index (κ1) is 17.1. The normalized spacial score (nSPS) is 15.7. The van der Waals surface area contributed by atoms with Crippen molar-refractivity contribution in [2.24, 2.45) is 7.05 Å². The van der Waals surface area contributed by atoms with Gasteiger partial charge in [-0.2, -0.15) is 5.26 Å². The second kappa shape index (κ2) is 6.78. The average Bonchev–Trinajstić information content (AvgIpc) is 3.14. The molecule has 4 rings (SSSR count). The van der Waals surface area contributed by atoms with Crippen LogP contribution in [0, 0.1) is 11.3 Å². The molecule has 0 N–H and O–H groups in total. The topological polar surface area (TPSA) is 66.1 Å². The number of imide groups is 1. The number of nitriles is 1. The summed E-state index contributed by atoms with van der Waals surface area (Å²) in [5.41, 5.74) is 3.09. The van der Waals surface area contributed by atoms with Gasteiger partial charge in [0.25, 0.3) is 11.1 Å². The average molecular weight is 373 g/mol. The molecule has 2 heterocycles. The molecule has 1 aromatic heterocycles. The first-order valence-corrected chi connectivity index (χ1v) is 9.17. The lowest BCUT2D eigenvalue weighted by molar-refractivity contribution is -0.123. The predicted molar refractivity (Wildman–Crippen MR) is 106 cm³/mol. The number of aryl methyl sites for hydroxylation is 1. The number of hydrogen-bond donors (Lipinski definition) is 0. The van der Waals surface area contributed by atoms with Gasteiger partial charge >= 0.3 is 0 Å². The van der Waals surface area contributed by atoms with Crippen molar-refractivity contribution in [1.29, 1.82) is 5.26 Å². The van der Waals surface area contributed by atoms with E-state index in [0.29, 0.717) is 16.0 Å². The zero-order chi connectivity index (χ0) is 19.0. The van der Waals surface area contributed by atoms with Gasteiger partial charge in [0.1, 0.15) is 0 Å². The molecule has 0 radical (unpaired) electrons. The number of aromatic nitrogens is 1. The Balaban J connectivity index is 1.67. The first-order chi connectivity index (χ1) is 13.1. The minimum atomic E-state index is -0.328. The van der Waals surface area contributed by atoms with E-state index < -0.39 is 0 Å². The number of rotatable bonds is 3. The fraction of sp³-hybridized carbons (Fsp3) is 0.0952. The fourth-order valence-corrected chi connectivity index (χ4v) is 4.03. The lowest BCUT2D eigenvalue weighted by Gasteiger charge is -2.13. The van der Waals surface area contributed by atoms with Gasteiger partial charge in [0.2, 0.25) is 0 Å². The molecule has 132 valence electrons. The van der Waals surface area contributed by atoms with Crippen LogP contribution >= 0.6 is 11.8 Å². The third kappa shape index (κ3) is 3.03. The highest BCUT2D eigenvalue weighted by atomic mass is 32.2. The van der Waals surface area contributed by atoms with Crippen LogP contribution in [-0.2, 0) is 18.4 Å². The van der Waals surface area contributed by atoms with Gasteiger partial charge in [-0.1, -0.05) is 36.4 Å². The zero-order valence-corrected chi connectivity index (χ0v) is 15.4. The summed E-state index contributed by atoms with van der Waals surface area (Å²) in [5.74, 6) is -0.328. The Labute approximate surface area is 160 Å². The number of thioether (sulfide) groups is 1. The van der Waals surface area contributed by atoms with E-state index in [4.69, 9.17) is 0 Å². The summed E-state index contributed by atoms with van der Waals surface area (Å²) < 4.78 is 1.99. The third-order valence-corrected chi connectivity index (χ3v) is 5.46. The highest BCUT2D eigenvalue weighted by Gasteiger charge is 2.35. The summed E-state index contributed by atoms with van der Waals surface area (Å²) in [5, 5.41) is 9.93. The van der Waals surface area contributed by atoms with Crippen LogP contribution in [-0.4, -0.2) is 20.6 Å². The van der Waals surface area contributed by atoms with Gasteiger partial charge in [0.15, 0.2) is 0 Å². The molecule has 27 heavy (non-hydrogen) atoms. The van der Waals surface area contributed by atoms with Crippen LogP contribution in [0.15, 0.2) is 59.6 Å². The van der Waals surface area contributed by atoms with E-state index in [2.05, 4.69) is 6.07 Å². The Morgan fingerprint density at radius 3 is 2.67 bits per heavy atom. The van der Waals surface area contributed by atoms with Gasteiger partial charge in [0, 0.05) is 29.7 Å². The smallest absolute Gasteiger partial charge is 0.293 e. The second-order valence-electron chi connectivity index (χ2n) is 6.25. The maximum atomic E-state index is 12.8. The second-order valence-corrected chi connectivity index (χ2v) is 7.24. The molecule has 0 spiro atoms. The highest BCUT2D eigenvalue weighted by Crippen LogP contribution is 2.35. The minimum absolute atomic E-state index is 0.0985. The number of hydrogen-bond acceptors (Lipinski definition) is 4. The quantitative estimate of drug-likeness (QED) is 0.643. The number of para-hydroxylation sites is 1. The van der Waals surface area contributed by atoms with Crippen molar-refractivity contribution in [2.75, 3.05) is 0 Å². The molecule has 3 aromatic rings. The summed E-state index contributed by atoms with van der Waals surface area (Å²) >= 11 is 0.934. The largest absolute Gasteiger partial charge is 0.350 e. The van der Waals surface area contributed by atoms with Crippen LogP contribution in [0.4, 0.5) is 4.79 Å². The van der Waals surface area contributed by atoms with E-state index in [1.54, 1.807) is 30.3 Å². The number of carbonyl (C=O) groups is 2. The van der Waals surface area contributed by atoms with Crippen molar-refractivity contribution in [3.8, 4) is 6.07 Å². The Morgan fingerprint density at radius 1 is 1.11 bits per heavy atom. The molecule has 0 saturated carbocycles. The number of nitrogens with zero attached hydrogens (tertiary/aromatic N) is 3. The molecule has 2 amide bonds. The molecule has 1 fully saturated rings. The summed E-state index contributed by atoms with van der Waals surface area (Å²) in [6.07, 6.45) is 3.72. The van der Waals surface area contributed by atoms with Crippen LogP contribution in [0.25, 0.3) is 17.0 Å².